The van der Waals surface area contributed by atoms with Crippen molar-refractivity contribution in [3.63, 3.8) is 0 Å². The van der Waals surface area contributed by atoms with Crippen LogP contribution in [0.3, 0.4) is 0 Å². The van der Waals surface area contributed by atoms with E-state index in [9.17, 15) is 9.59 Å². The summed E-state index contributed by atoms with van der Waals surface area (Å²) >= 11 is 7.55. The summed E-state index contributed by atoms with van der Waals surface area (Å²) in [5.41, 5.74) is 0.580. The molecule has 32 heavy (non-hydrogen) atoms. The molecule has 0 spiro atoms. The highest BCUT2D eigenvalue weighted by Gasteiger charge is 2.47. The molecular weight excluding hydrogens is 446 g/mol. The number of fused-ring (bicyclic) bond motifs is 3. The van der Waals surface area contributed by atoms with Gasteiger partial charge in [-0.05, 0) is 62.4 Å². The van der Waals surface area contributed by atoms with Crippen LogP contribution in [0.25, 0.3) is 10.2 Å². The number of ether oxygens (including phenoxy) is 1. The van der Waals surface area contributed by atoms with Crippen LogP contribution in [0, 0.1) is 0 Å². The Morgan fingerprint density at radius 1 is 1.28 bits per heavy atom. The number of nitrogens with one attached hydrogen (secondary N) is 1. The molecule has 1 aromatic carbocycles. The molecule has 0 bridgehead atoms. The molecule has 3 aromatic rings. The van der Waals surface area contributed by atoms with Gasteiger partial charge in [-0.1, -0.05) is 23.7 Å². The van der Waals surface area contributed by atoms with Gasteiger partial charge in [-0.3, -0.25) is 9.59 Å². The van der Waals surface area contributed by atoms with Crippen LogP contribution in [0.4, 0.5) is 0 Å². The number of halogens is 1. The monoisotopic (exact) mass is 473 g/mol. The van der Waals surface area contributed by atoms with Gasteiger partial charge in [-0.25, -0.2) is 0 Å². The highest BCUT2D eigenvalue weighted by Crippen LogP contribution is 2.34. The number of amides is 2. The summed E-state index contributed by atoms with van der Waals surface area (Å²) in [4.78, 5) is 29.7. The summed E-state index contributed by atoms with van der Waals surface area (Å²) in [7, 11) is 0. The van der Waals surface area contributed by atoms with Gasteiger partial charge in [0.15, 0.2) is 0 Å². The second kappa shape index (κ2) is 9.25. The maximum Gasteiger partial charge on any atom is 0.271 e. The van der Waals surface area contributed by atoms with E-state index in [0.717, 1.165) is 15.8 Å². The van der Waals surface area contributed by atoms with Crippen LogP contribution in [0.15, 0.2) is 41.8 Å². The summed E-state index contributed by atoms with van der Waals surface area (Å²) in [6.45, 7) is 7.61. The van der Waals surface area contributed by atoms with E-state index in [1.165, 1.54) is 0 Å². The molecule has 6 nitrogen and oxygen atoms in total. The fourth-order valence-corrected chi connectivity index (χ4v) is 5.15. The maximum absolute atomic E-state index is 13.5. The molecule has 0 radical (unpaired) electrons. The van der Waals surface area contributed by atoms with Gasteiger partial charge in [0.2, 0.25) is 5.91 Å². The number of benzene rings is 1. The Balaban J connectivity index is 1.58. The maximum atomic E-state index is 13.5. The van der Waals surface area contributed by atoms with Gasteiger partial charge in [-0.15, -0.1) is 11.3 Å². The lowest BCUT2D eigenvalue weighted by molar-refractivity contribution is -0.133. The third-order valence-corrected chi connectivity index (χ3v) is 7.06. The molecule has 1 aliphatic rings. The molecule has 2 aromatic heterocycles. The molecule has 0 fully saturated rings. The molecule has 1 N–H and O–H groups in total. The van der Waals surface area contributed by atoms with Crippen molar-refractivity contribution in [3.8, 4) is 0 Å². The molecule has 0 aliphatic carbocycles. The van der Waals surface area contributed by atoms with E-state index < -0.39 is 5.54 Å². The van der Waals surface area contributed by atoms with Crippen molar-refractivity contribution in [2.45, 2.75) is 51.9 Å². The summed E-state index contributed by atoms with van der Waals surface area (Å²) in [5.74, 6) is -0.289. The van der Waals surface area contributed by atoms with Crippen molar-refractivity contribution in [2.24, 2.45) is 0 Å². The van der Waals surface area contributed by atoms with Crippen LogP contribution in [0.5, 0.6) is 0 Å². The van der Waals surface area contributed by atoms with Gasteiger partial charge in [0, 0.05) is 30.1 Å². The second-order valence-corrected chi connectivity index (χ2v) is 9.94. The molecule has 0 unspecified atom stereocenters. The molecule has 1 aliphatic heterocycles. The molecule has 4 rings (SSSR count). The third-order valence-electron chi connectivity index (χ3n) is 5.86. The second-order valence-electron chi connectivity index (χ2n) is 8.61. The van der Waals surface area contributed by atoms with E-state index >= 15 is 0 Å². The summed E-state index contributed by atoms with van der Waals surface area (Å²) in [5, 5.41) is 6.73. The first-order valence-corrected chi connectivity index (χ1v) is 12.1. The van der Waals surface area contributed by atoms with Gasteiger partial charge < -0.3 is 19.5 Å². The topological polar surface area (TPSA) is 63.6 Å². The first-order valence-electron chi connectivity index (χ1n) is 10.8. The molecule has 3 heterocycles. The quantitative estimate of drug-likeness (QED) is 0.482. The molecular formula is C24H28ClN3O3S. The summed E-state index contributed by atoms with van der Waals surface area (Å²) in [6, 6.07) is 11.3. The number of nitrogens with zero attached hydrogens (tertiary/aromatic N) is 2. The number of thiophene rings is 1. The minimum atomic E-state index is -1.01. The third kappa shape index (κ3) is 4.42. The van der Waals surface area contributed by atoms with Crippen LogP contribution < -0.4 is 5.32 Å². The Hall–Kier alpha value is -2.35. The highest BCUT2D eigenvalue weighted by atomic mass is 35.5. The van der Waals surface area contributed by atoms with Crippen molar-refractivity contribution >= 4 is 45.0 Å². The lowest BCUT2D eigenvalue weighted by atomic mass is 9.94. The zero-order chi connectivity index (χ0) is 22.9. The van der Waals surface area contributed by atoms with Crippen LogP contribution in [-0.4, -0.2) is 46.1 Å². The van der Waals surface area contributed by atoms with E-state index in [1.54, 1.807) is 28.4 Å². The van der Waals surface area contributed by atoms with E-state index in [0.29, 0.717) is 43.4 Å². The predicted octanol–water partition coefficient (Wildman–Crippen LogP) is 4.70. The smallest absolute Gasteiger partial charge is 0.271 e. The van der Waals surface area contributed by atoms with Crippen molar-refractivity contribution < 1.29 is 14.3 Å². The van der Waals surface area contributed by atoms with Crippen LogP contribution >= 0.6 is 22.9 Å². The SMILES string of the molecule is CC(C)OCCCN1C(=O)c2cc3ccsc3n2C[C@@]1(C)C(=O)NCc1ccc(Cl)cc1. The summed E-state index contributed by atoms with van der Waals surface area (Å²) in [6.07, 6.45) is 0.795. The zero-order valence-electron chi connectivity index (χ0n) is 18.6. The largest absolute Gasteiger partial charge is 0.379 e. The molecule has 170 valence electrons. The average Bonchev–Trinajstić information content (AvgIpc) is 3.34. The number of aromatic nitrogens is 1. The van der Waals surface area contributed by atoms with E-state index in [2.05, 4.69) is 5.32 Å². The predicted molar refractivity (Wildman–Crippen MR) is 128 cm³/mol. The fourth-order valence-electron chi connectivity index (χ4n) is 4.12. The number of rotatable bonds is 8. The number of carbonyl (C=O) groups excluding carboxylic acids is 2. The zero-order valence-corrected chi connectivity index (χ0v) is 20.1. The van der Waals surface area contributed by atoms with Crippen LogP contribution in [0.2, 0.25) is 5.02 Å². The Kier molecular flexibility index (Phi) is 6.60. The van der Waals surface area contributed by atoms with E-state index in [-0.39, 0.29) is 17.9 Å². The summed E-state index contributed by atoms with van der Waals surface area (Å²) < 4.78 is 7.66. The highest BCUT2D eigenvalue weighted by molar-refractivity contribution is 7.16. The lowest BCUT2D eigenvalue weighted by Crippen LogP contribution is -2.64. The van der Waals surface area contributed by atoms with Crippen molar-refractivity contribution in [1.29, 1.82) is 0 Å². The number of hydrogen-bond donors (Lipinski definition) is 1. The minimum Gasteiger partial charge on any atom is -0.379 e. The average molecular weight is 474 g/mol. The molecule has 8 heteroatoms. The van der Waals surface area contributed by atoms with Gasteiger partial charge in [0.1, 0.15) is 16.1 Å². The van der Waals surface area contributed by atoms with Crippen molar-refractivity contribution in [2.75, 3.05) is 13.2 Å². The van der Waals surface area contributed by atoms with Gasteiger partial charge in [0.05, 0.1) is 12.6 Å². The Bertz CT molecular complexity index is 1120. The van der Waals surface area contributed by atoms with Gasteiger partial charge >= 0.3 is 0 Å². The van der Waals surface area contributed by atoms with E-state index in [4.69, 9.17) is 16.3 Å². The first kappa shape index (κ1) is 22.8. The van der Waals surface area contributed by atoms with Gasteiger partial charge in [0.25, 0.3) is 5.91 Å². The van der Waals surface area contributed by atoms with E-state index in [1.807, 2.05) is 55.0 Å². The molecule has 2 amide bonds. The molecule has 0 saturated heterocycles. The lowest BCUT2D eigenvalue weighted by Gasteiger charge is -2.44. The van der Waals surface area contributed by atoms with Crippen LogP contribution in [0.1, 0.15) is 43.2 Å². The molecule has 1 atom stereocenters. The van der Waals surface area contributed by atoms with Crippen molar-refractivity contribution in [1.82, 2.24) is 14.8 Å². The van der Waals surface area contributed by atoms with Gasteiger partial charge in [-0.2, -0.15) is 0 Å². The number of carbonyl (C=O) groups is 2. The first-order chi connectivity index (χ1) is 15.3. The number of hydrogen-bond acceptors (Lipinski definition) is 4. The van der Waals surface area contributed by atoms with Crippen molar-refractivity contribution in [3.05, 3.63) is 58.1 Å². The normalized spacial score (nSPS) is 18.4. The van der Waals surface area contributed by atoms with Crippen LogP contribution in [-0.2, 0) is 22.6 Å². The Morgan fingerprint density at radius 3 is 2.75 bits per heavy atom. The standard InChI is InChI=1S/C24H28ClN3O3S/c1-16(2)31-11-4-10-28-21(29)20-13-18-9-12-32-22(18)27(20)15-24(28,3)23(30)26-14-17-5-7-19(25)8-6-17/h5-9,12-13,16H,4,10-11,14-15H2,1-3H3,(H,26,30)/t24-/m0/s1. The Morgan fingerprint density at radius 2 is 2.03 bits per heavy atom. The Labute approximate surface area is 197 Å². The fraction of sp³-hybridized carbons (Fsp3) is 0.417. The minimum absolute atomic E-state index is 0.117. The molecule has 0 saturated carbocycles.